The summed E-state index contributed by atoms with van der Waals surface area (Å²) >= 11 is 0. The van der Waals surface area contributed by atoms with Crippen LogP contribution in [0.3, 0.4) is 0 Å². The standard InChI is InChI=1S/C12H16N4O/c1-3-10(4-2)15-8-9-5-6-14-11(7-9)12(13)16-17/h1,5-7,10,15,17H,4,8H2,2H3,(H2,13,16). The van der Waals surface area contributed by atoms with Crippen molar-refractivity contribution in [1.82, 2.24) is 10.3 Å². The van der Waals surface area contributed by atoms with Crippen LogP contribution in [0.2, 0.25) is 0 Å². The number of nitrogens with two attached hydrogens (primary N) is 1. The molecule has 1 heterocycles. The maximum atomic E-state index is 8.55. The number of hydrogen-bond acceptors (Lipinski definition) is 4. The van der Waals surface area contributed by atoms with Crippen LogP contribution in [-0.4, -0.2) is 22.1 Å². The number of nitrogens with zero attached hydrogens (tertiary/aromatic N) is 2. The third-order valence-electron chi connectivity index (χ3n) is 2.36. The van der Waals surface area contributed by atoms with Crippen LogP contribution < -0.4 is 11.1 Å². The molecule has 0 spiro atoms. The van der Waals surface area contributed by atoms with E-state index in [4.69, 9.17) is 17.4 Å². The van der Waals surface area contributed by atoms with E-state index in [1.165, 1.54) is 0 Å². The Bertz CT molecular complexity index is 436. The molecule has 5 nitrogen and oxygen atoms in total. The third-order valence-corrected chi connectivity index (χ3v) is 2.36. The molecule has 17 heavy (non-hydrogen) atoms. The molecule has 90 valence electrons. The van der Waals surface area contributed by atoms with Crippen molar-refractivity contribution in [3.63, 3.8) is 0 Å². The molecule has 5 heteroatoms. The van der Waals surface area contributed by atoms with Crippen molar-refractivity contribution in [2.45, 2.75) is 25.9 Å². The van der Waals surface area contributed by atoms with Gasteiger partial charge in [0, 0.05) is 12.7 Å². The molecule has 0 aliphatic heterocycles. The van der Waals surface area contributed by atoms with E-state index in [-0.39, 0.29) is 11.9 Å². The molecule has 1 aromatic heterocycles. The lowest BCUT2D eigenvalue weighted by molar-refractivity contribution is 0.318. The minimum Gasteiger partial charge on any atom is -0.409 e. The van der Waals surface area contributed by atoms with Crippen molar-refractivity contribution in [2.75, 3.05) is 0 Å². The molecule has 0 aromatic carbocycles. The Morgan fingerprint density at radius 3 is 3.12 bits per heavy atom. The summed E-state index contributed by atoms with van der Waals surface area (Å²) in [4.78, 5) is 3.99. The fourth-order valence-electron chi connectivity index (χ4n) is 1.34. The predicted molar refractivity (Wildman–Crippen MR) is 66.5 cm³/mol. The van der Waals surface area contributed by atoms with Gasteiger partial charge >= 0.3 is 0 Å². The smallest absolute Gasteiger partial charge is 0.188 e. The van der Waals surface area contributed by atoms with Crippen LogP contribution in [0.4, 0.5) is 0 Å². The molecular weight excluding hydrogens is 216 g/mol. The van der Waals surface area contributed by atoms with E-state index in [9.17, 15) is 0 Å². The Hall–Kier alpha value is -2.06. The van der Waals surface area contributed by atoms with Crippen LogP contribution >= 0.6 is 0 Å². The second kappa shape index (κ2) is 6.51. The lowest BCUT2D eigenvalue weighted by atomic mass is 10.2. The first-order valence-electron chi connectivity index (χ1n) is 5.33. The van der Waals surface area contributed by atoms with Crippen molar-refractivity contribution in [3.05, 3.63) is 29.6 Å². The monoisotopic (exact) mass is 232 g/mol. The second-order valence-corrected chi connectivity index (χ2v) is 3.54. The number of rotatable bonds is 5. The van der Waals surface area contributed by atoms with Gasteiger partial charge in [-0.05, 0) is 24.1 Å². The minimum atomic E-state index is -0.00385. The Morgan fingerprint density at radius 1 is 1.76 bits per heavy atom. The van der Waals surface area contributed by atoms with Gasteiger partial charge in [0.15, 0.2) is 5.84 Å². The summed E-state index contributed by atoms with van der Waals surface area (Å²) in [6.45, 7) is 2.64. The van der Waals surface area contributed by atoms with Gasteiger partial charge in [-0.3, -0.25) is 10.3 Å². The molecule has 0 radical (unpaired) electrons. The van der Waals surface area contributed by atoms with Gasteiger partial charge in [0.2, 0.25) is 0 Å². The Kier molecular flexibility index (Phi) is 4.98. The summed E-state index contributed by atoms with van der Waals surface area (Å²) in [7, 11) is 0. The molecule has 4 N–H and O–H groups in total. The van der Waals surface area contributed by atoms with Gasteiger partial charge < -0.3 is 10.9 Å². The fourth-order valence-corrected chi connectivity index (χ4v) is 1.34. The summed E-state index contributed by atoms with van der Waals surface area (Å²) in [5.74, 6) is 2.65. The molecule has 0 fully saturated rings. The van der Waals surface area contributed by atoms with Crippen LogP contribution in [0.5, 0.6) is 0 Å². The fraction of sp³-hybridized carbons (Fsp3) is 0.333. The van der Waals surface area contributed by atoms with Crippen molar-refractivity contribution < 1.29 is 5.21 Å². The van der Waals surface area contributed by atoms with Gasteiger partial charge in [0.1, 0.15) is 5.69 Å². The number of aromatic nitrogens is 1. The molecule has 1 aromatic rings. The predicted octanol–water partition coefficient (Wildman–Crippen LogP) is 0.677. The summed E-state index contributed by atoms with van der Waals surface area (Å²) < 4.78 is 0. The largest absolute Gasteiger partial charge is 0.409 e. The van der Waals surface area contributed by atoms with Crippen molar-refractivity contribution in [1.29, 1.82) is 0 Å². The van der Waals surface area contributed by atoms with Gasteiger partial charge in [-0.25, -0.2) is 0 Å². The minimum absolute atomic E-state index is 0.00385. The van der Waals surface area contributed by atoms with Crippen LogP contribution in [0.1, 0.15) is 24.6 Å². The molecule has 1 atom stereocenters. The van der Waals surface area contributed by atoms with Crippen LogP contribution in [0, 0.1) is 12.3 Å². The molecule has 1 unspecified atom stereocenters. The first-order valence-corrected chi connectivity index (χ1v) is 5.33. The zero-order valence-electron chi connectivity index (χ0n) is 9.72. The van der Waals surface area contributed by atoms with E-state index in [1.807, 2.05) is 13.0 Å². The molecular formula is C12H16N4O. The summed E-state index contributed by atoms with van der Waals surface area (Å²) in [6, 6.07) is 3.66. The number of hydrogen-bond donors (Lipinski definition) is 3. The number of pyridine rings is 1. The highest BCUT2D eigenvalue weighted by Crippen LogP contribution is 2.02. The third kappa shape index (κ3) is 3.78. The molecule has 1 rings (SSSR count). The van der Waals surface area contributed by atoms with Gasteiger partial charge in [-0.1, -0.05) is 18.0 Å². The summed E-state index contributed by atoms with van der Waals surface area (Å²) in [6.07, 6.45) is 7.83. The molecule has 0 aliphatic rings. The van der Waals surface area contributed by atoms with Gasteiger partial charge in [-0.2, -0.15) is 0 Å². The molecule has 0 aliphatic carbocycles. The molecule has 0 amide bonds. The average molecular weight is 232 g/mol. The van der Waals surface area contributed by atoms with Gasteiger partial charge in [0.25, 0.3) is 0 Å². The molecule has 0 saturated heterocycles. The first-order chi connectivity index (χ1) is 8.21. The van der Waals surface area contributed by atoms with E-state index < -0.39 is 0 Å². The maximum Gasteiger partial charge on any atom is 0.188 e. The van der Waals surface area contributed by atoms with E-state index in [1.54, 1.807) is 12.3 Å². The first kappa shape index (κ1) is 13.0. The Balaban J connectivity index is 2.70. The molecule has 0 saturated carbocycles. The van der Waals surface area contributed by atoms with Crippen LogP contribution in [0.15, 0.2) is 23.5 Å². The summed E-state index contributed by atoms with van der Waals surface area (Å²) in [5, 5.41) is 14.7. The number of nitrogens with one attached hydrogen (secondary N) is 1. The lowest BCUT2D eigenvalue weighted by Gasteiger charge is -2.10. The van der Waals surface area contributed by atoms with Crippen molar-refractivity contribution in [3.8, 4) is 12.3 Å². The van der Waals surface area contributed by atoms with E-state index >= 15 is 0 Å². The van der Waals surface area contributed by atoms with Crippen LogP contribution in [0.25, 0.3) is 0 Å². The highest BCUT2D eigenvalue weighted by atomic mass is 16.4. The average Bonchev–Trinajstić information content (AvgIpc) is 2.39. The van der Waals surface area contributed by atoms with Gasteiger partial charge in [0.05, 0.1) is 6.04 Å². The topological polar surface area (TPSA) is 83.5 Å². The van der Waals surface area contributed by atoms with Crippen molar-refractivity contribution >= 4 is 5.84 Å². The lowest BCUT2D eigenvalue weighted by Crippen LogP contribution is -2.26. The Morgan fingerprint density at radius 2 is 2.53 bits per heavy atom. The van der Waals surface area contributed by atoms with Crippen molar-refractivity contribution in [2.24, 2.45) is 10.9 Å². The zero-order valence-corrected chi connectivity index (χ0v) is 9.72. The number of oxime groups is 1. The quantitative estimate of drug-likeness (QED) is 0.229. The SMILES string of the molecule is C#CC(CC)NCc1ccnc(/C(N)=N/O)c1. The number of terminal acetylenes is 1. The van der Waals surface area contributed by atoms with E-state index in [0.29, 0.717) is 12.2 Å². The summed E-state index contributed by atoms with van der Waals surface area (Å²) in [5.41, 5.74) is 6.88. The highest BCUT2D eigenvalue weighted by Gasteiger charge is 2.04. The maximum absolute atomic E-state index is 8.55. The second-order valence-electron chi connectivity index (χ2n) is 3.54. The van der Waals surface area contributed by atoms with E-state index in [2.05, 4.69) is 21.4 Å². The molecule has 0 bridgehead atoms. The van der Waals surface area contributed by atoms with E-state index in [0.717, 1.165) is 12.0 Å². The number of amidine groups is 1. The van der Waals surface area contributed by atoms with Crippen LogP contribution in [-0.2, 0) is 6.54 Å². The zero-order chi connectivity index (χ0) is 12.7. The van der Waals surface area contributed by atoms with Gasteiger partial charge in [-0.15, -0.1) is 6.42 Å². The Labute approximate surface area is 101 Å². The normalized spacial score (nSPS) is 13.1. The highest BCUT2D eigenvalue weighted by molar-refractivity contribution is 5.95.